The number of nitrogens with zero attached hydrogens (tertiary/aromatic N) is 2. The van der Waals surface area contributed by atoms with Crippen LogP contribution in [0.2, 0.25) is 0 Å². The van der Waals surface area contributed by atoms with Gasteiger partial charge >= 0.3 is 5.97 Å². The van der Waals surface area contributed by atoms with Crippen LogP contribution in [0.25, 0.3) is 0 Å². The molecule has 0 bridgehead atoms. The number of likely N-dealkylation sites (N-methyl/N-ethyl adjacent to an activating group) is 1. The summed E-state index contributed by atoms with van der Waals surface area (Å²) in [4.78, 5) is 41.3. The normalized spacial score (nSPS) is 26.6. The molecule has 142 valence electrons. The average Bonchev–Trinajstić information content (AvgIpc) is 2.83. The Morgan fingerprint density at radius 3 is 2.24 bits per heavy atom. The number of aliphatic imine (C=N–C) groups is 1. The lowest BCUT2D eigenvalue weighted by Crippen LogP contribution is -2.53. The third kappa shape index (κ3) is 4.81. The van der Waals surface area contributed by atoms with Crippen LogP contribution in [0.5, 0.6) is 0 Å². The molecule has 0 heterocycles. The van der Waals surface area contributed by atoms with Gasteiger partial charge in [-0.15, -0.1) is 0 Å². The molecule has 1 aliphatic rings. The van der Waals surface area contributed by atoms with Crippen LogP contribution in [0.3, 0.4) is 0 Å². The SMILES string of the molecule is CCN(CC)C(=O)C(NC(C)=O)C1CC(O)(C(=O)O)CC1N=C(N)N. The van der Waals surface area contributed by atoms with Gasteiger partial charge < -0.3 is 31.9 Å². The van der Waals surface area contributed by atoms with Crippen molar-refractivity contribution in [3.05, 3.63) is 0 Å². The maximum atomic E-state index is 12.8. The number of amides is 2. The third-order valence-corrected chi connectivity index (χ3v) is 4.46. The van der Waals surface area contributed by atoms with Gasteiger partial charge in [-0.2, -0.15) is 0 Å². The van der Waals surface area contributed by atoms with Crippen molar-refractivity contribution in [3.8, 4) is 0 Å². The Kier molecular flexibility index (Phi) is 6.74. The lowest BCUT2D eigenvalue weighted by atomic mass is 9.91. The molecule has 1 aliphatic carbocycles. The zero-order valence-corrected chi connectivity index (χ0v) is 14.7. The molecule has 7 N–H and O–H groups in total. The molecule has 4 unspecified atom stereocenters. The summed E-state index contributed by atoms with van der Waals surface area (Å²) < 4.78 is 0. The van der Waals surface area contributed by atoms with E-state index in [2.05, 4.69) is 10.3 Å². The van der Waals surface area contributed by atoms with E-state index in [1.165, 1.54) is 11.8 Å². The Bertz CT molecular complexity index is 559. The number of hydrogen-bond donors (Lipinski definition) is 5. The lowest BCUT2D eigenvalue weighted by Gasteiger charge is -2.31. The van der Waals surface area contributed by atoms with Crippen molar-refractivity contribution in [1.29, 1.82) is 0 Å². The number of guanidine groups is 1. The highest BCUT2D eigenvalue weighted by atomic mass is 16.4. The van der Waals surface area contributed by atoms with Crippen LogP contribution in [0.1, 0.15) is 33.6 Å². The van der Waals surface area contributed by atoms with E-state index in [1.807, 2.05) is 0 Å². The van der Waals surface area contributed by atoms with Crippen molar-refractivity contribution in [2.75, 3.05) is 13.1 Å². The van der Waals surface area contributed by atoms with E-state index in [1.54, 1.807) is 13.8 Å². The number of carbonyl (C=O) groups excluding carboxylic acids is 2. The number of carboxylic acids is 1. The zero-order valence-electron chi connectivity index (χ0n) is 14.7. The Morgan fingerprint density at radius 1 is 1.28 bits per heavy atom. The largest absolute Gasteiger partial charge is 0.479 e. The van der Waals surface area contributed by atoms with Crippen molar-refractivity contribution in [2.45, 2.75) is 51.3 Å². The van der Waals surface area contributed by atoms with Gasteiger partial charge in [0, 0.05) is 32.4 Å². The fourth-order valence-corrected chi connectivity index (χ4v) is 3.26. The molecule has 0 aromatic rings. The summed E-state index contributed by atoms with van der Waals surface area (Å²) in [5, 5.41) is 22.2. The van der Waals surface area contributed by atoms with Gasteiger partial charge in [0.2, 0.25) is 11.8 Å². The van der Waals surface area contributed by atoms with Crippen molar-refractivity contribution < 1.29 is 24.6 Å². The van der Waals surface area contributed by atoms with E-state index < -0.39 is 35.5 Å². The van der Waals surface area contributed by atoms with Gasteiger partial charge in [-0.05, 0) is 20.3 Å². The van der Waals surface area contributed by atoms with Crippen LogP contribution in [0.15, 0.2) is 4.99 Å². The Labute approximate surface area is 146 Å². The summed E-state index contributed by atoms with van der Waals surface area (Å²) in [6.45, 7) is 5.70. The number of aliphatic carboxylic acids is 1. The molecular weight excluding hydrogens is 330 g/mol. The summed E-state index contributed by atoms with van der Waals surface area (Å²) in [6, 6.07) is -1.83. The van der Waals surface area contributed by atoms with E-state index in [9.17, 15) is 24.6 Å². The lowest BCUT2D eigenvalue weighted by molar-refractivity contribution is -0.158. The van der Waals surface area contributed by atoms with E-state index in [0.29, 0.717) is 13.1 Å². The second kappa shape index (κ2) is 8.15. The van der Waals surface area contributed by atoms with Crippen LogP contribution in [-0.2, 0) is 14.4 Å². The van der Waals surface area contributed by atoms with Gasteiger partial charge in [0.15, 0.2) is 11.6 Å². The highest BCUT2D eigenvalue weighted by molar-refractivity contribution is 5.88. The van der Waals surface area contributed by atoms with Gasteiger partial charge in [0.25, 0.3) is 0 Å². The smallest absolute Gasteiger partial charge is 0.335 e. The van der Waals surface area contributed by atoms with Crippen LogP contribution in [0, 0.1) is 5.92 Å². The molecule has 0 spiro atoms. The van der Waals surface area contributed by atoms with Gasteiger partial charge in [-0.1, -0.05) is 0 Å². The van der Waals surface area contributed by atoms with Gasteiger partial charge in [0.1, 0.15) is 6.04 Å². The number of nitrogens with two attached hydrogens (primary N) is 2. The molecule has 1 saturated carbocycles. The maximum Gasteiger partial charge on any atom is 0.335 e. The average molecular weight is 357 g/mol. The molecule has 0 saturated heterocycles. The predicted octanol–water partition coefficient (Wildman–Crippen LogP) is -1.77. The van der Waals surface area contributed by atoms with Crippen LogP contribution < -0.4 is 16.8 Å². The minimum atomic E-state index is -2.06. The highest BCUT2D eigenvalue weighted by Crippen LogP contribution is 2.39. The molecule has 4 atom stereocenters. The molecule has 0 radical (unpaired) electrons. The molecule has 1 fully saturated rings. The van der Waals surface area contributed by atoms with Crippen LogP contribution >= 0.6 is 0 Å². The first-order valence-corrected chi connectivity index (χ1v) is 8.16. The van der Waals surface area contributed by atoms with Crippen LogP contribution in [-0.4, -0.2) is 69.6 Å². The van der Waals surface area contributed by atoms with Gasteiger partial charge in [-0.3, -0.25) is 9.59 Å². The molecule has 0 aromatic heterocycles. The van der Waals surface area contributed by atoms with Gasteiger partial charge in [-0.25, -0.2) is 9.79 Å². The van der Waals surface area contributed by atoms with Crippen molar-refractivity contribution >= 4 is 23.7 Å². The summed E-state index contributed by atoms with van der Waals surface area (Å²) in [5.41, 5.74) is 8.75. The fourth-order valence-electron chi connectivity index (χ4n) is 3.26. The standard InChI is InChI=1S/C15H27N5O5/c1-4-20(5-2)12(22)11(18-8(3)21)9-6-15(25,13(23)24)7-10(9)19-14(16)17/h9-11,25H,4-7H2,1-3H3,(H,18,21)(H,23,24)(H4,16,17,19). The van der Waals surface area contributed by atoms with E-state index in [0.717, 1.165) is 0 Å². The predicted molar refractivity (Wildman–Crippen MR) is 90.4 cm³/mol. The van der Waals surface area contributed by atoms with E-state index in [-0.39, 0.29) is 24.7 Å². The Morgan fingerprint density at radius 2 is 1.84 bits per heavy atom. The Hall–Kier alpha value is -2.36. The number of nitrogens with one attached hydrogen (secondary N) is 1. The third-order valence-electron chi connectivity index (χ3n) is 4.46. The van der Waals surface area contributed by atoms with Crippen LogP contribution in [0.4, 0.5) is 0 Å². The quantitative estimate of drug-likeness (QED) is 0.265. The minimum absolute atomic E-state index is 0.244. The van der Waals surface area contributed by atoms with Crippen molar-refractivity contribution in [3.63, 3.8) is 0 Å². The molecule has 10 heteroatoms. The Balaban J connectivity index is 3.27. The first-order chi connectivity index (χ1) is 11.6. The molecule has 0 aromatic carbocycles. The molecule has 1 rings (SSSR count). The summed E-state index contributed by atoms with van der Waals surface area (Å²) >= 11 is 0. The zero-order chi connectivity index (χ0) is 19.4. The van der Waals surface area contributed by atoms with Crippen molar-refractivity contribution in [1.82, 2.24) is 10.2 Å². The number of aliphatic hydroxyl groups is 1. The number of rotatable bonds is 7. The minimum Gasteiger partial charge on any atom is -0.479 e. The molecule has 2 amide bonds. The molecule has 25 heavy (non-hydrogen) atoms. The number of hydrogen-bond acceptors (Lipinski definition) is 5. The molecular formula is C15H27N5O5. The second-order valence-electron chi connectivity index (χ2n) is 6.22. The van der Waals surface area contributed by atoms with Gasteiger partial charge in [0.05, 0.1) is 6.04 Å². The molecule has 10 nitrogen and oxygen atoms in total. The topological polar surface area (TPSA) is 171 Å². The summed E-state index contributed by atoms with van der Waals surface area (Å²) in [6.07, 6.45) is -0.492. The highest BCUT2D eigenvalue weighted by Gasteiger charge is 2.53. The maximum absolute atomic E-state index is 12.8. The monoisotopic (exact) mass is 357 g/mol. The summed E-state index contributed by atoms with van der Waals surface area (Å²) in [7, 11) is 0. The number of carboxylic acid groups (broad SMARTS) is 1. The van der Waals surface area contributed by atoms with E-state index in [4.69, 9.17) is 11.5 Å². The van der Waals surface area contributed by atoms with Crippen molar-refractivity contribution in [2.24, 2.45) is 22.4 Å². The number of carbonyl (C=O) groups is 3. The first-order valence-electron chi connectivity index (χ1n) is 8.16. The fraction of sp³-hybridized carbons (Fsp3) is 0.733. The first kappa shape index (κ1) is 20.7. The summed E-state index contributed by atoms with van der Waals surface area (Å²) in [5.74, 6) is -3.25. The van der Waals surface area contributed by atoms with E-state index >= 15 is 0 Å². The second-order valence-corrected chi connectivity index (χ2v) is 6.22. The molecule has 0 aliphatic heterocycles.